The second-order valence-corrected chi connectivity index (χ2v) is 8.10. The Bertz CT molecular complexity index is 285. The second-order valence-electron chi connectivity index (χ2n) is 8.10. The van der Waals surface area contributed by atoms with Gasteiger partial charge in [0.2, 0.25) is 0 Å². The van der Waals surface area contributed by atoms with Gasteiger partial charge in [-0.25, -0.2) is 0 Å². The molecule has 1 aliphatic carbocycles. The summed E-state index contributed by atoms with van der Waals surface area (Å²) in [6, 6.07) is 1.53. The van der Waals surface area contributed by atoms with Crippen LogP contribution in [0.1, 0.15) is 72.6 Å². The maximum Gasteiger partial charge on any atom is 0.0251 e. The molecule has 0 aromatic heterocycles. The van der Waals surface area contributed by atoms with Crippen molar-refractivity contribution >= 4 is 0 Å². The lowest BCUT2D eigenvalue weighted by Gasteiger charge is -2.42. The minimum atomic E-state index is 0.557. The molecule has 0 spiro atoms. The van der Waals surface area contributed by atoms with Crippen molar-refractivity contribution in [3.8, 4) is 0 Å². The van der Waals surface area contributed by atoms with Crippen molar-refractivity contribution in [2.75, 3.05) is 19.6 Å². The van der Waals surface area contributed by atoms with Crippen LogP contribution >= 0.6 is 0 Å². The van der Waals surface area contributed by atoms with Crippen LogP contribution in [-0.2, 0) is 0 Å². The second kappa shape index (κ2) is 7.26. The van der Waals surface area contributed by atoms with E-state index in [1.165, 1.54) is 64.6 Å². The molecule has 2 rings (SSSR count). The quantitative estimate of drug-likeness (QED) is 0.835. The molecular weight excluding hydrogens is 244 g/mol. The zero-order chi connectivity index (χ0) is 14.6. The van der Waals surface area contributed by atoms with E-state index in [0.717, 1.165) is 18.0 Å². The molecule has 1 N–H and O–H groups in total. The molecule has 118 valence electrons. The molecule has 2 aliphatic rings. The molecule has 1 heterocycles. The van der Waals surface area contributed by atoms with Gasteiger partial charge in [0.05, 0.1) is 0 Å². The van der Waals surface area contributed by atoms with Crippen LogP contribution in [0, 0.1) is 11.3 Å². The number of rotatable bonds is 4. The van der Waals surface area contributed by atoms with Crippen LogP contribution in [0.15, 0.2) is 0 Å². The van der Waals surface area contributed by atoms with Crippen molar-refractivity contribution in [1.82, 2.24) is 10.2 Å². The van der Waals surface area contributed by atoms with Crippen molar-refractivity contribution in [2.24, 2.45) is 11.3 Å². The van der Waals surface area contributed by atoms with Gasteiger partial charge in [-0.05, 0) is 75.9 Å². The molecule has 3 unspecified atom stereocenters. The summed E-state index contributed by atoms with van der Waals surface area (Å²) < 4.78 is 0. The molecule has 1 saturated heterocycles. The number of hydrogen-bond acceptors (Lipinski definition) is 2. The molecule has 2 fully saturated rings. The molecule has 0 bridgehead atoms. The normalized spacial score (nSPS) is 35.7. The Morgan fingerprint density at radius 1 is 1.15 bits per heavy atom. The summed E-state index contributed by atoms with van der Waals surface area (Å²) in [4.78, 5) is 2.83. The third kappa shape index (κ3) is 4.46. The zero-order valence-electron chi connectivity index (χ0n) is 14.3. The van der Waals surface area contributed by atoms with Crippen LogP contribution in [0.2, 0.25) is 0 Å². The number of likely N-dealkylation sites (tertiary alicyclic amines) is 1. The van der Waals surface area contributed by atoms with Crippen LogP contribution in [0.4, 0.5) is 0 Å². The molecule has 3 atom stereocenters. The van der Waals surface area contributed by atoms with Gasteiger partial charge in [0.15, 0.2) is 0 Å². The van der Waals surface area contributed by atoms with E-state index < -0.39 is 0 Å². The lowest BCUT2D eigenvalue weighted by molar-refractivity contribution is 0.101. The lowest BCUT2D eigenvalue weighted by atomic mass is 9.82. The lowest BCUT2D eigenvalue weighted by Crippen LogP contribution is -2.53. The van der Waals surface area contributed by atoms with Crippen LogP contribution in [0.3, 0.4) is 0 Å². The van der Waals surface area contributed by atoms with Gasteiger partial charge in [-0.15, -0.1) is 0 Å². The molecule has 0 aromatic carbocycles. The van der Waals surface area contributed by atoms with Crippen molar-refractivity contribution in [3.05, 3.63) is 0 Å². The smallest absolute Gasteiger partial charge is 0.0251 e. The van der Waals surface area contributed by atoms with Gasteiger partial charge in [-0.1, -0.05) is 27.7 Å². The first kappa shape index (κ1) is 16.3. The fourth-order valence-corrected chi connectivity index (χ4v) is 4.10. The van der Waals surface area contributed by atoms with Crippen LogP contribution in [-0.4, -0.2) is 36.6 Å². The largest absolute Gasteiger partial charge is 0.312 e. The Morgan fingerprint density at radius 2 is 1.95 bits per heavy atom. The first-order chi connectivity index (χ1) is 9.52. The number of nitrogens with one attached hydrogen (secondary N) is 1. The van der Waals surface area contributed by atoms with Crippen LogP contribution in [0.5, 0.6) is 0 Å². The SMILES string of the molecule is CCCNC1CCC(C)CC1N1CCCC(C)(C)CC1. The Labute approximate surface area is 126 Å². The molecule has 0 radical (unpaired) electrons. The monoisotopic (exact) mass is 280 g/mol. The van der Waals surface area contributed by atoms with Crippen LogP contribution in [0.25, 0.3) is 0 Å². The standard InChI is InChI=1S/C18H36N2/c1-5-11-19-16-8-7-15(2)14-17(16)20-12-6-9-18(3,4)10-13-20/h15-17,19H,5-14H2,1-4H3. The maximum atomic E-state index is 3.84. The molecule has 2 heteroatoms. The Balaban J connectivity index is 1.98. The first-order valence-electron chi connectivity index (χ1n) is 8.99. The maximum absolute atomic E-state index is 3.84. The average Bonchev–Trinajstić information content (AvgIpc) is 2.58. The number of hydrogen-bond donors (Lipinski definition) is 1. The summed E-state index contributed by atoms with van der Waals surface area (Å²) in [6.07, 6.45) is 9.62. The topological polar surface area (TPSA) is 15.3 Å². The summed E-state index contributed by atoms with van der Waals surface area (Å²) >= 11 is 0. The third-order valence-electron chi connectivity index (χ3n) is 5.58. The van der Waals surface area contributed by atoms with Gasteiger partial charge < -0.3 is 5.32 Å². The van der Waals surface area contributed by atoms with Gasteiger partial charge in [0.1, 0.15) is 0 Å². The average molecular weight is 280 g/mol. The summed E-state index contributed by atoms with van der Waals surface area (Å²) in [5.74, 6) is 0.913. The van der Waals surface area contributed by atoms with E-state index in [1.807, 2.05) is 0 Å². The predicted octanol–water partition coefficient (Wildman–Crippen LogP) is 4.06. The summed E-state index contributed by atoms with van der Waals surface area (Å²) in [5.41, 5.74) is 0.557. The highest BCUT2D eigenvalue weighted by Crippen LogP contribution is 2.34. The molecular formula is C18H36N2. The van der Waals surface area contributed by atoms with Gasteiger partial charge in [-0.2, -0.15) is 0 Å². The zero-order valence-corrected chi connectivity index (χ0v) is 14.3. The van der Waals surface area contributed by atoms with E-state index in [2.05, 4.69) is 37.9 Å². The van der Waals surface area contributed by atoms with E-state index >= 15 is 0 Å². The minimum absolute atomic E-state index is 0.557. The minimum Gasteiger partial charge on any atom is -0.312 e. The van der Waals surface area contributed by atoms with Gasteiger partial charge in [-0.3, -0.25) is 4.90 Å². The van der Waals surface area contributed by atoms with Crippen LogP contribution < -0.4 is 5.32 Å². The van der Waals surface area contributed by atoms with E-state index in [4.69, 9.17) is 0 Å². The van der Waals surface area contributed by atoms with Gasteiger partial charge in [0.25, 0.3) is 0 Å². The van der Waals surface area contributed by atoms with Crippen molar-refractivity contribution < 1.29 is 0 Å². The van der Waals surface area contributed by atoms with E-state index in [-0.39, 0.29) is 0 Å². The van der Waals surface area contributed by atoms with E-state index in [1.54, 1.807) is 0 Å². The molecule has 1 saturated carbocycles. The van der Waals surface area contributed by atoms with Gasteiger partial charge >= 0.3 is 0 Å². The van der Waals surface area contributed by atoms with Crippen molar-refractivity contribution in [1.29, 1.82) is 0 Å². The van der Waals surface area contributed by atoms with E-state index in [9.17, 15) is 0 Å². The van der Waals surface area contributed by atoms with Crippen molar-refractivity contribution in [2.45, 2.75) is 84.7 Å². The highest BCUT2D eigenvalue weighted by atomic mass is 15.2. The molecule has 0 amide bonds. The van der Waals surface area contributed by atoms with Crippen molar-refractivity contribution in [3.63, 3.8) is 0 Å². The Kier molecular flexibility index (Phi) is 5.92. The predicted molar refractivity (Wildman–Crippen MR) is 88.1 cm³/mol. The highest BCUT2D eigenvalue weighted by molar-refractivity contribution is 4.92. The van der Waals surface area contributed by atoms with Gasteiger partial charge in [0, 0.05) is 12.1 Å². The fraction of sp³-hybridized carbons (Fsp3) is 1.00. The third-order valence-corrected chi connectivity index (χ3v) is 5.58. The summed E-state index contributed by atoms with van der Waals surface area (Å²) in [6.45, 7) is 13.5. The highest BCUT2D eigenvalue weighted by Gasteiger charge is 2.34. The molecule has 20 heavy (non-hydrogen) atoms. The fourth-order valence-electron chi connectivity index (χ4n) is 4.10. The number of nitrogens with zero attached hydrogens (tertiary/aromatic N) is 1. The molecule has 2 nitrogen and oxygen atoms in total. The first-order valence-corrected chi connectivity index (χ1v) is 8.99. The molecule has 1 aliphatic heterocycles. The Hall–Kier alpha value is -0.0800. The molecule has 0 aromatic rings. The summed E-state index contributed by atoms with van der Waals surface area (Å²) in [7, 11) is 0. The van der Waals surface area contributed by atoms with E-state index in [0.29, 0.717) is 5.41 Å². The Morgan fingerprint density at radius 3 is 2.70 bits per heavy atom. The summed E-state index contributed by atoms with van der Waals surface area (Å²) in [5, 5.41) is 3.84.